The Balaban J connectivity index is 1.47. The van der Waals surface area contributed by atoms with Crippen LogP contribution in [0, 0.1) is 0 Å². The Kier molecular flexibility index (Phi) is 9.00. The average Bonchev–Trinajstić information content (AvgIpc) is 2.96. The number of ether oxygens (including phenoxy) is 1. The Morgan fingerprint density at radius 2 is 1.63 bits per heavy atom. The van der Waals surface area contributed by atoms with E-state index >= 15 is 0 Å². The number of carbonyl (C=O) groups is 2. The van der Waals surface area contributed by atoms with E-state index in [9.17, 15) is 31.2 Å². The predicted octanol–water partition coefficient (Wildman–Crippen LogP) is 4.38. The minimum atomic E-state index is -4.65. The molecule has 230 valence electrons. The largest absolute Gasteiger partial charge is 0.494 e. The molecule has 1 saturated heterocycles. The van der Waals surface area contributed by atoms with Gasteiger partial charge in [0, 0.05) is 31.7 Å². The summed E-state index contributed by atoms with van der Waals surface area (Å²) in [4.78, 5) is 29.0. The summed E-state index contributed by atoms with van der Waals surface area (Å²) in [6, 6.07) is 12.9. The van der Waals surface area contributed by atoms with Gasteiger partial charge in [-0.1, -0.05) is 12.1 Å². The molecule has 1 aliphatic rings. The van der Waals surface area contributed by atoms with Gasteiger partial charge in [0.05, 0.1) is 16.9 Å². The van der Waals surface area contributed by atoms with Gasteiger partial charge in [0.2, 0.25) is 10.0 Å². The van der Waals surface area contributed by atoms with Gasteiger partial charge >= 0.3 is 6.18 Å². The Labute approximate surface area is 247 Å². The van der Waals surface area contributed by atoms with Gasteiger partial charge in [-0.15, -0.1) is 10.2 Å². The molecular formula is C29H32F3N5O5S. The molecule has 10 nitrogen and oxygen atoms in total. The molecule has 1 aliphatic heterocycles. The first-order valence-electron chi connectivity index (χ1n) is 13.5. The van der Waals surface area contributed by atoms with Gasteiger partial charge in [-0.3, -0.25) is 9.59 Å². The van der Waals surface area contributed by atoms with E-state index in [0.29, 0.717) is 36.8 Å². The molecule has 1 aromatic heterocycles. The molecule has 0 unspecified atom stereocenters. The van der Waals surface area contributed by atoms with E-state index < -0.39 is 38.3 Å². The van der Waals surface area contributed by atoms with E-state index in [0.717, 1.165) is 12.1 Å². The van der Waals surface area contributed by atoms with Gasteiger partial charge < -0.3 is 14.5 Å². The maximum Gasteiger partial charge on any atom is 0.416 e. The number of anilines is 1. The Morgan fingerprint density at radius 1 is 0.930 bits per heavy atom. The van der Waals surface area contributed by atoms with Crippen LogP contribution >= 0.6 is 0 Å². The topological polar surface area (TPSA) is 122 Å². The van der Waals surface area contributed by atoms with Gasteiger partial charge in [0.25, 0.3) is 11.8 Å². The number of carbonyl (C=O) groups excluding carboxylic acids is 2. The van der Waals surface area contributed by atoms with Crippen LogP contribution in [0.4, 0.5) is 19.0 Å². The molecule has 0 radical (unpaired) electrons. The van der Waals surface area contributed by atoms with Crippen LogP contribution in [0.25, 0.3) is 11.1 Å². The van der Waals surface area contributed by atoms with Crippen LogP contribution in [0.1, 0.15) is 54.1 Å². The van der Waals surface area contributed by atoms with Crippen molar-refractivity contribution in [3.63, 3.8) is 0 Å². The van der Waals surface area contributed by atoms with Crippen molar-refractivity contribution in [3.8, 4) is 16.9 Å². The first-order valence-corrected chi connectivity index (χ1v) is 15.0. The summed E-state index contributed by atoms with van der Waals surface area (Å²) in [6.07, 6.45) is -4.65. The molecule has 0 saturated carbocycles. The van der Waals surface area contributed by atoms with Crippen LogP contribution in [0.5, 0.6) is 5.75 Å². The summed E-state index contributed by atoms with van der Waals surface area (Å²) in [5, 5.41) is 7.88. The lowest BCUT2D eigenvalue weighted by Crippen LogP contribution is -2.49. The van der Waals surface area contributed by atoms with E-state index in [4.69, 9.17) is 4.74 Å². The third kappa shape index (κ3) is 7.42. The van der Waals surface area contributed by atoms with Crippen LogP contribution in [-0.2, 0) is 16.2 Å². The van der Waals surface area contributed by atoms with Crippen molar-refractivity contribution in [1.29, 1.82) is 0 Å². The number of nitrogens with one attached hydrogen (secondary N) is 1. The summed E-state index contributed by atoms with van der Waals surface area (Å²) in [5.74, 6) is -0.536. The highest BCUT2D eigenvalue weighted by atomic mass is 32.2. The molecule has 2 heterocycles. The highest BCUT2D eigenvalue weighted by Crippen LogP contribution is 2.35. The summed E-state index contributed by atoms with van der Waals surface area (Å²) < 4.78 is 72.2. The number of piperazine rings is 1. The molecule has 1 N–H and O–H groups in total. The Morgan fingerprint density at radius 3 is 2.21 bits per heavy atom. The summed E-state index contributed by atoms with van der Waals surface area (Å²) in [7, 11) is -3.93. The second-order valence-corrected chi connectivity index (χ2v) is 13.3. The van der Waals surface area contributed by atoms with E-state index in [1.807, 2.05) is 4.72 Å². The van der Waals surface area contributed by atoms with E-state index in [1.54, 1.807) is 36.1 Å². The monoisotopic (exact) mass is 619 g/mol. The summed E-state index contributed by atoms with van der Waals surface area (Å²) in [5.41, 5.74) is -0.461. The molecule has 43 heavy (non-hydrogen) atoms. The van der Waals surface area contributed by atoms with Crippen molar-refractivity contribution in [2.45, 2.75) is 38.6 Å². The normalized spacial score (nSPS) is 14.4. The maximum atomic E-state index is 13.8. The third-order valence-electron chi connectivity index (χ3n) is 6.79. The molecule has 0 bridgehead atoms. The smallest absolute Gasteiger partial charge is 0.416 e. The zero-order chi connectivity index (χ0) is 31.6. The highest BCUT2D eigenvalue weighted by molar-refractivity contribution is 7.91. The SMILES string of the molecule is CCOc1cccc(-c2cc(C(=O)N3CCN(c4ccc(C(=O)NS(=O)(=O)C(C)(C)C)nn4)CC3)cc(C(F)(F)F)c2)c1. The average molecular weight is 620 g/mol. The number of rotatable bonds is 7. The van der Waals surface area contributed by atoms with Crippen LogP contribution in [0.2, 0.25) is 0 Å². The molecule has 2 amide bonds. The number of sulfonamides is 1. The number of nitrogens with zero attached hydrogens (tertiary/aromatic N) is 4. The number of benzene rings is 2. The lowest BCUT2D eigenvalue weighted by molar-refractivity contribution is -0.137. The van der Waals surface area contributed by atoms with Gasteiger partial charge in [-0.25, -0.2) is 13.1 Å². The maximum absolute atomic E-state index is 13.8. The lowest BCUT2D eigenvalue weighted by atomic mass is 9.98. The van der Waals surface area contributed by atoms with Crippen LogP contribution in [-0.4, -0.2) is 72.9 Å². The number of hydrogen-bond acceptors (Lipinski definition) is 8. The fraction of sp³-hybridized carbons (Fsp3) is 0.379. The lowest BCUT2D eigenvalue weighted by Gasteiger charge is -2.35. The molecule has 14 heteroatoms. The summed E-state index contributed by atoms with van der Waals surface area (Å²) in [6.45, 7) is 7.60. The predicted molar refractivity (Wildman–Crippen MR) is 154 cm³/mol. The van der Waals surface area contributed by atoms with Crippen molar-refractivity contribution in [2.24, 2.45) is 0 Å². The second-order valence-electron chi connectivity index (χ2n) is 10.9. The first-order chi connectivity index (χ1) is 20.1. The fourth-order valence-electron chi connectivity index (χ4n) is 4.28. The zero-order valence-corrected chi connectivity index (χ0v) is 24.9. The first kappa shape index (κ1) is 31.7. The number of amides is 2. The molecule has 3 aromatic rings. The van der Waals surface area contributed by atoms with E-state index in [1.165, 1.54) is 43.9 Å². The number of alkyl halides is 3. The van der Waals surface area contributed by atoms with Gasteiger partial charge in [-0.05, 0) is 81.3 Å². The van der Waals surface area contributed by atoms with Gasteiger partial charge in [0.1, 0.15) is 5.75 Å². The molecule has 1 fully saturated rings. The quantitative estimate of drug-likeness (QED) is 0.414. The number of halogens is 3. The minimum Gasteiger partial charge on any atom is -0.494 e. The van der Waals surface area contributed by atoms with Crippen molar-refractivity contribution >= 4 is 27.7 Å². The zero-order valence-electron chi connectivity index (χ0n) is 24.1. The van der Waals surface area contributed by atoms with Crippen LogP contribution in [0.15, 0.2) is 54.6 Å². The summed E-state index contributed by atoms with van der Waals surface area (Å²) >= 11 is 0. The third-order valence-corrected chi connectivity index (χ3v) is 8.86. The van der Waals surface area contributed by atoms with Gasteiger partial charge in [0.15, 0.2) is 11.5 Å². The highest BCUT2D eigenvalue weighted by Gasteiger charge is 2.34. The van der Waals surface area contributed by atoms with Crippen molar-refractivity contribution in [2.75, 3.05) is 37.7 Å². The van der Waals surface area contributed by atoms with Crippen molar-refractivity contribution in [1.82, 2.24) is 19.8 Å². The van der Waals surface area contributed by atoms with Gasteiger partial charge in [-0.2, -0.15) is 13.2 Å². The Hall–Kier alpha value is -4.20. The van der Waals surface area contributed by atoms with Crippen molar-refractivity contribution < 1.29 is 35.9 Å². The molecule has 4 rings (SSSR count). The minimum absolute atomic E-state index is 0.0829. The van der Waals surface area contributed by atoms with Crippen LogP contribution in [0.3, 0.4) is 0 Å². The fourth-order valence-corrected chi connectivity index (χ4v) is 4.93. The molecule has 0 aliphatic carbocycles. The molecule has 2 aromatic carbocycles. The van der Waals surface area contributed by atoms with Crippen LogP contribution < -0.4 is 14.4 Å². The number of hydrogen-bond donors (Lipinski definition) is 1. The molecule has 0 spiro atoms. The van der Waals surface area contributed by atoms with E-state index in [-0.39, 0.29) is 29.9 Å². The number of aromatic nitrogens is 2. The van der Waals surface area contributed by atoms with E-state index in [2.05, 4.69) is 10.2 Å². The molecule has 0 atom stereocenters. The second kappa shape index (κ2) is 12.2. The molecular weight excluding hydrogens is 587 g/mol. The standard InChI is InChI=1S/C29H32F3N5O5S/c1-5-42-23-8-6-7-19(18-23)20-15-21(17-22(16-20)29(30,31)32)27(39)37-13-11-36(12-14-37)25-10-9-24(33-34-25)26(38)35-43(40,41)28(2,3)4/h6-10,15-18H,5,11-14H2,1-4H3,(H,35,38). The van der Waals surface area contributed by atoms with Crippen molar-refractivity contribution in [3.05, 3.63) is 71.4 Å². The Bertz CT molecular complexity index is 1600.